The molecule has 0 radical (unpaired) electrons. The highest BCUT2D eigenvalue weighted by atomic mass is 16.5. The summed E-state index contributed by atoms with van der Waals surface area (Å²) in [5.41, 5.74) is 2.02. The zero-order chi connectivity index (χ0) is 19.5. The maximum absolute atomic E-state index is 12.1. The van der Waals surface area contributed by atoms with Crippen LogP contribution in [0.2, 0.25) is 0 Å². The van der Waals surface area contributed by atoms with E-state index < -0.39 is 0 Å². The fourth-order valence-corrected chi connectivity index (χ4v) is 3.98. The van der Waals surface area contributed by atoms with Crippen molar-refractivity contribution in [1.82, 2.24) is 14.5 Å². The third-order valence-corrected chi connectivity index (χ3v) is 5.28. The van der Waals surface area contributed by atoms with Crippen LogP contribution in [-0.2, 0) is 11.3 Å². The van der Waals surface area contributed by atoms with Gasteiger partial charge in [-0.1, -0.05) is 24.3 Å². The standard InChI is InChI=1S/C22H25N3O3/c1-16(26)24-13-7-10-19(24)22-23-17-8-3-4-9-18(17)25(22)14-15-28-21-12-6-5-11-20(21)27-2/h3-6,8-9,11-12,19H,7,10,13-15H2,1-2H3/t19-/m1/s1. The third-order valence-electron chi connectivity index (χ3n) is 5.28. The Kier molecular flexibility index (Phi) is 5.19. The summed E-state index contributed by atoms with van der Waals surface area (Å²) < 4.78 is 13.5. The highest BCUT2D eigenvalue weighted by Crippen LogP contribution is 2.33. The highest BCUT2D eigenvalue weighted by Gasteiger charge is 2.32. The summed E-state index contributed by atoms with van der Waals surface area (Å²) in [5, 5.41) is 0. The molecule has 0 N–H and O–H groups in total. The largest absolute Gasteiger partial charge is 0.493 e. The zero-order valence-electron chi connectivity index (χ0n) is 16.3. The second-order valence-electron chi connectivity index (χ2n) is 6.98. The minimum atomic E-state index is 0.0242. The summed E-state index contributed by atoms with van der Waals surface area (Å²) in [5.74, 6) is 2.49. The van der Waals surface area contributed by atoms with Crippen LogP contribution >= 0.6 is 0 Å². The normalized spacial score (nSPS) is 16.5. The van der Waals surface area contributed by atoms with Crippen LogP contribution in [0.3, 0.4) is 0 Å². The van der Waals surface area contributed by atoms with Gasteiger partial charge in [-0.3, -0.25) is 4.79 Å². The molecule has 2 aromatic carbocycles. The van der Waals surface area contributed by atoms with Gasteiger partial charge in [-0.05, 0) is 37.1 Å². The van der Waals surface area contributed by atoms with Gasteiger partial charge < -0.3 is 18.9 Å². The summed E-state index contributed by atoms with van der Waals surface area (Å²) in [6, 6.07) is 15.8. The number of para-hydroxylation sites is 4. The van der Waals surface area contributed by atoms with Gasteiger partial charge in [0, 0.05) is 13.5 Å². The number of likely N-dealkylation sites (tertiary alicyclic amines) is 1. The molecule has 0 saturated carbocycles. The summed E-state index contributed by atoms with van der Waals surface area (Å²) in [6.45, 7) is 3.56. The van der Waals surface area contributed by atoms with E-state index >= 15 is 0 Å². The molecule has 146 valence electrons. The van der Waals surface area contributed by atoms with E-state index in [0.29, 0.717) is 13.2 Å². The van der Waals surface area contributed by atoms with Gasteiger partial charge in [-0.15, -0.1) is 0 Å². The van der Waals surface area contributed by atoms with Crippen LogP contribution in [0.4, 0.5) is 0 Å². The maximum Gasteiger partial charge on any atom is 0.220 e. The molecule has 1 aliphatic heterocycles. The second-order valence-corrected chi connectivity index (χ2v) is 6.98. The molecule has 6 nitrogen and oxygen atoms in total. The molecule has 1 aliphatic rings. The quantitative estimate of drug-likeness (QED) is 0.654. The molecule has 3 aromatic rings. The second kappa shape index (κ2) is 7.92. The number of carbonyl (C=O) groups is 1. The van der Waals surface area contributed by atoms with Crippen molar-refractivity contribution in [2.45, 2.75) is 32.4 Å². The van der Waals surface area contributed by atoms with E-state index in [0.717, 1.165) is 47.7 Å². The van der Waals surface area contributed by atoms with Crippen LogP contribution < -0.4 is 9.47 Å². The third kappa shape index (κ3) is 3.42. The van der Waals surface area contributed by atoms with Crippen LogP contribution in [0, 0.1) is 0 Å². The number of amides is 1. The van der Waals surface area contributed by atoms with E-state index in [1.54, 1.807) is 14.0 Å². The van der Waals surface area contributed by atoms with Crippen molar-refractivity contribution in [3.05, 3.63) is 54.4 Å². The molecular formula is C22H25N3O3. The first-order chi connectivity index (χ1) is 13.7. The van der Waals surface area contributed by atoms with Crippen molar-refractivity contribution in [3.8, 4) is 11.5 Å². The van der Waals surface area contributed by atoms with Gasteiger partial charge in [0.2, 0.25) is 5.91 Å². The molecule has 4 rings (SSSR count). The molecule has 28 heavy (non-hydrogen) atoms. The lowest BCUT2D eigenvalue weighted by Gasteiger charge is -2.24. The average molecular weight is 379 g/mol. The van der Waals surface area contributed by atoms with E-state index in [4.69, 9.17) is 14.5 Å². The van der Waals surface area contributed by atoms with Crippen LogP contribution in [0.5, 0.6) is 11.5 Å². The van der Waals surface area contributed by atoms with Gasteiger partial charge in [0.05, 0.1) is 30.7 Å². The van der Waals surface area contributed by atoms with Crippen LogP contribution in [0.1, 0.15) is 31.6 Å². The zero-order valence-corrected chi connectivity index (χ0v) is 16.3. The molecule has 1 aromatic heterocycles. The summed E-state index contributed by atoms with van der Waals surface area (Å²) in [4.78, 5) is 18.9. The molecule has 0 bridgehead atoms. The number of hydrogen-bond donors (Lipinski definition) is 0. The number of ether oxygens (including phenoxy) is 2. The Hall–Kier alpha value is -3.02. The SMILES string of the molecule is COc1ccccc1OCCn1c([C@H]2CCCN2C(C)=O)nc2ccccc21. The molecule has 0 aliphatic carbocycles. The number of imidazole rings is 1. The predicted octanol–water partition coefficient (Wildman–Crippen LogP) is 3.81. The predicted molar refractivity (Wildman–Crippen MR) is 108 cm³/mol. The van der Waals surface area contributed by atoms with Crippen molar-refractivity contribution in [2.24, 2.45) is 0 Å². The number of carbonyl (C=O) groups excluding carboxylic acids is 1. The lowest BCUT2D eigenvalue weighted by molar-refractivity contribution is -0.129. The number of nitrogens with zero attached hydrogens (tertiary/aromatic N) is 3. The molecule has 2 heterocycles. The summed E-state index contributed by atoms with van der Waals surface area (Å²) in [6.07, 6.45) is 1.95. The van der Waals surface area contributed by atoms with Gasteiger partial charge in [0.25, 0.3) is 0 Å². The van der Waals surface area contributed by atoms with Crippen molar-refractivity contribution in [1.29, 1.82) is 0 Å². The van der Waals surface area contributed by atoms with E-state index in [-0.39, 0.29) is 11.9 Å². The number of methoxy groups -OCH3 is 1. The fourth-order valence-electron chi connectivity index (χ4n) is 3.98. The lowest BCUT2D eigenvalue weighted by atomic mass is 10.2. The first kappa shape index (κ1) is 18.3. The molecule has 0 spiro atoms. The monoisotopic (exact) mass is 379 g/mol. The Morgan fingerprint density at radius 1 is 1.14 bits per heavy atom. The molecule has 1 atom stereocenters. The Balaban J connectivity index is 1.61. The minimum absolute atomic E-state index is 0.0242. The molecule has 0 unspecified atom stereocenters. The Morgan fingerprint density at radius 3 is 2.68 bits per heavy atom. The van der Waals surface area contributed by atoms with Crippen molar-refractivity contribution < 1.29 is 14.3 Å². The van der Waals surface area contributed by atoms with Gasteiger partial charge in [0.1, 0.15) is 12.4 Å². The Morgan fingerprint density at radius 2 is 1.89 bits per heavy atom. The van der Waals surface area contributed by atoms with Crippen LogP contribution in [0.15, 0.2) is 48.5 Å². The van der Waals surface area contributed by atoms with E-state index in [1.165, 1.54) is 0 Å². The maximum atomic E-state index is 12.1. The number of aromatic nitrogens is 2. The highest BCUT2D eigenvalue weighted by molar-refractivity contribution is 5.77. The van der Waals surface area contributed by atoms with Gasteiger partial charge >= 0.3 is 0 Å². The fraction of sp³-hybridized carbons (Fsp3) is 0.364. The van der Waals surface area contributed by atoms with Crippen molar-refractivity contribution >= 4 is 16.9 Å². The first-order valence-corrected chi connectivity index (χ1v) is 9.67. The topological polar surface area (TPSA) is 56.6 Å². The molecule has 1 fully saturated rings. The number of hydrogen-bond acceptors (Lipinski definition) is 4. The van der Waals surface area contributed by atoms with E-state index in [2.05, 4.69) is 10.6 Å². The van der Waals surface area contributed by atoms with Gasteiger partial charge in [-0.25, -0.2) is 4.98 Å². The first-order valence-electron chi connectivity index (χ1n) is 9.67. The molecule has 1 saturated heterocycles. The number of fused-ring (bicyclic) bond motifs is 1. The van der Waals surface area contributed by atoms with Crippen LogP contribution in [0.25, 0.3) is 11.0 Å². The molecular weight excluding hydrogens is 354 g/mol. The van der Waals surface area contributed by atoms with Crippen molar-refractivity contribution in [3.63, 3.8) is 0 Å². The number of benzene rings is 2. The van der Waals surface area contributed by atoms with Crippen LogP contribution in [-0.4, -0.2) is 40.6 Å². The smallest absolute Gasteiger partial charge is 0.220 e. The lowest BCUT2D eigenvalue weighted by Crippen LogP contribution is -2.30. The summed E-state index contributed by atoms with van der Waals surface area (Å²) in [7, 11) is 1.64. The Labute approximate surface area is 164 Å². The van der Waals surface area contributed by atoms with Gasteiger partial charge in [-0.2, -0.15) is 0 Å². The van der Waals surface area contributed by atoms with E-state index in [1.807, 2.05) is 47.4 Å². The Bertz CT molecular complexity index is 982. The molecule has 1 amide bonds. The summed E-state index contributed by atoms with van der Waals surface area (Å²) >= 11 is 0. The molecule has 6 heteroatoms. The van der Waals surface area contributed by atoms with Crippen molar-refractivity contribution in [2.75, 3.05) is 20.3 Å². The van der Waals surface area contributed by atoms with Gasteiger partial charge in [0.15, 0.2) is 11.5 Å². The number of rotatable bonds is 6. The average Bonchev–Trinajstić information content (AvgIpc) is 3.33. The van der Waals surface area contributed by atoms with E-state index in [9.17, 15) is 4.79 Å². The minimum Gasteiger partial charge on any atom is -0.493 e.